The third-order valence-corrected chi connectivity index (χ3v) is 2.73. The minimum atomic E-state index is 0.850. The van der Waals surface area contributed by atoms with E-state index in [-0.39, 0.29) is 0 Å². The summed E-state index contributed by atoms with van der Waals surface area (Å²) in [5.41, 5.74) is 0.983. The molecular formula is C11H11NOS. The van der Waals surface area contributed by atoms with E-state index in [4.69, 9.17) is 4.74 Å². The standard InChI is InChI=1S/C11H11NOS/c1-13-9-5-3-8-4-6-11(14-2)12-10(8)7-9/h3-7H,1-2H3. The van der Waals surface area contributed by atoms with Crippen molar-refractivity contribution in [3.05, 3.63) is 30.3 Å². The normalized spacial score (nSPS) is 10.4. The fraction of sp³-hybridized carbons (Fsp3) is 0.182. The number of fused-ring (bicyclic) bond motifs is 1. The molecule has 14 heavy (non-hydrogen) atoms. The molecule has 0 aliphatic rings. The van der Waals surface area contributed by atoms with Crippen molar-refractivity contribution < 1.29 is 4.74 Å². The molecule has 0 aliphatic carbocycles. The minimum Gasteiger partial charge on any atom is -0.497 e. The van der Waals surface area contributed by atoms with E-state index in [0.717, 1.165) is 21.7 Å². The summed E-state index contributed by atoms with van der Waals surface area (Å²) in [6, 6.07) is 10.0. The fourth-order valence-electron chi connectivity index (χ4n) is 1.32. The van der Waals surface area contributed by atoms with Gasteiger partial charge in [-0.1, -0.05) is 6.07 Å². The van der Waals surface area contributed by atoms with Crippen LogP contribution in [0.15, 0.2) is 35.4 Å². The summed E-state index contributed by atoms with van der Waals surface area (Å²) in [7, 11) is 1.67. The lowest BCUT2D eigenvalue weighted by Crippen LogP contribution is -1.85. The molecule has 1 aromatic carbocycles. The molecule has 0 atom stereocenters. The van der Waals surface area contributed by atoms with Crippen LogP contribution in [-0.2, 0) is 0 Å². The van der Waals surface area contributed by atoms with Crippen molar-refractivity contribution in [2.24, 2.45) is 0 Å². The van der Waals surface area contributed by atoms with E-state index in [0.29, 0.717) is 0 Å². The van der Waals surface area contributed by atoms with Gasteiger partial charge in [0, 0.05) is 11.5 Å². The van der Waals surface area contributed by atoms with E-state index in [1.54, 1.807) is 18.9 Å². The van der Waals surface area contributed by atoms with Crippen LogP contribution < -0.4 is 4.74 Å². The molecule has 0 amide bonds. The summed E-state index contributed by atoms with van der Waals surface area (Å²) in [6.07, 6.45) is 2.02. The zero-order chi connectivity index (χ0) is 9.97. The van der Waals surface area contributed by atoms with Crippen molar-refractivity contribution in [1.29, 1.82) is 0 Å². The van der Waals surface area contributed by atoms with Crippen LogP contribution in [0.2, 0.25) is 0 Å². The van der Waals surface area contributed by atoms with Gasteiger partial charge >= 0.3 is 0 Å². The van der Waals surface area contributed by atoms with E-state index in [1.165, 1.54) is 0 Å². The van der Waals surface area contributed by atoms with Crippen LogP contribution in [0.25, 0.3) is 10.9 Å². The Morgan fingerprint density at radius 3 is 2.71 bits per heavy atom. The van der Waals surface area contributed by atoms with Gasteiger partial charge in [-0.3, -0.25) is 0 Å². The molecule has 0 saturated heterocycles. The Balaban J connectivity index is 2.60. The average Bonchev–Trinajstić information content (AvgIpc) is 2.27. The van der Waals surface area contributed by atoms with Gasteiger partial charge < -0.3 is 4.74 Å². The van der Waals surface area contributed by atoms with E-state index in [2.05, 4.69) is 11.1 Å². The fourth-order valence-corrected chi connectivity index (χ4v) is 1.71. The summed E-state index contributed by atoms with van der Waals surface area (Å²) < 4.78 is 5.15. The maximum atomic E-state index is 5.15. The molecule has 0 unspecified atom stereocenters. The lowest BCUT2D eigenvalue weighted by molar-refractivity contribution is 0.415. The van der Waals surface area contributed by atoms with Gasteiger partial charge in [-0.25, -0.2) is 4.98 Å². The highest BCUT2D eigenvalue weighted by molar-refractivity contribution is 7.98. The molecule has 1 aromatic heterocycles. The quantitative estimate of drug-likeness (QED) is 0.704. The minimum absolute atomic E-state index is 0.850. The van der Waals surface area contributed by atoms with Crippen molar-refractivity contribution in [3.8, 4) is 5.75 Å². The van der Waals surface area contributed by atoms with E-state index < -0.39 is 0 Å². The second-order valence-electron chi connectivity index (χ2n) is 2.91. The Morgan fingerprint density at radius 1 is 1.21 bits per heavy atom. The summed E-state index contributed by atoms with van der Waals surface area (Å²) in [6.45, 7) is 0. The van der Waals surface area contributed by atoms with Gasteiger partial charge in [0.2, 0.25) is 0 Å². The molecule has 0 aliphatic heterocycles. The van der Waals surface area contributed by atoms with Crippen LogP contribution in [0, 0.1) is 0 Å². The molecule has 0 bridgehead atoms. The predicted octanol–water partition coefficient (Wildman–Crippen LogP) is 2.97. The highest BCUT2D eigenvalue weighted by atomic mass is 32.2. The molecule has 2 rings (SSSR count). The van der Waals surface area contributed by atoms with Crippen LogP contribution >= 0.6 is 11.8 Å². The highest BCUT2D eigenvalue weighted by Crippen LogP contribution is 2.21. The van der Waals surface area contributed by atoms with Crippen molar-refractivity contribution in [2.75, 3.05) is 13.4 Å². The SMILES string of the molecule is COc1ccc2ccc(SC)nc2c1. The summed E-state index contributed by atoms with van der Waals surface area (Å²) in [5, 5.41) is 2.18. The zero-order valence-corrected chi connectivity index (χ0v) is 8.97. The van der Waals surface area contributed by atoms with Crippen LogP contribution in [0.5, 0.6) is 5.75 Å². The lowest BCUT2D eigenvalue weighted by Gasteiger charge is -2.02. The Labute approximate surface area is 87.3 Å². The maximum Gasteiger partial charge on any atom is 0.121 e. The molecule has 0 fully saturated rings. The highest BCUT2D eigenvalue weighted by Gasteiger charge is 1.98. The molecular weight excluding hydrogens is 194 g/mol. The summed E-state index contributed by atoms with van der Waals surface area (Å²) in [5.74, 6) is 0.850. The molecule has 2 aromatic rings. The Kier molecular flexibility index (Phi) is 2.59. The van der Waals surface area contributed by atoms with E-state index >= 15 is 0 Å². The van der Waals surface area contributed by atoms with Gasteiger partial charge in [-0.05, 0) is 24.5 Å². The third kappa shape index (κ3) is 1.68. The van der Waals surface area contributed by atoms with Gasteiger partial charge in [-0.15, -0.1) is 11.8 Å². The summed E-state index contributed by atoms with van der Waals surface area (Å²) in [4.78, 5) is 4.49. The molecule has 2 nitrogen and oxygen atoms in total. The van der Waals surface area contributed by atoms with Crippen LogP contribution in [0.4, 0.5) is 0 Å². The number of hydrogen-bond donors (Lipinski definition) is 0. The number of thioether (sulfide) groups is 1. The zero-order valence-electron chi connectivity index (χ0n) is 8.15. The van der Waals surface area contributed by atoms with Crippen molar-refractivity contribution in [3.63, 3.8) is 0 Å². The first-order chi connectivity index (χ1) is 6.83. The second kappa shape index (κ2) is 3.88. The van der Waals surface area contributed by atoms with Gasteiger partial charge in [0.1, 0.15) is 5.75 Å². The van der Waals surface area contributed by atoms with Gasteiger partial charge in [0.15, 0.2) is 0 Å². The van der Waals surface area contributed by atoms with Gasteiger partial charge in [-0.2, -0.15) is 0 Å². The van der Waals surface area contributed by atoms with E-state index in [1.807, 2.05) is 30.5 Å². The number of nitrogens with zero attached hydrogens (tertiary/aromatic N) is 1. The van der Waals surface area contributed by atoms with Crippen molar-refractivity contribution >= 4 is 22.7 Å². The molecule has 3 heteroatoms. The Hall–Kier alpha value is -1.22. The molecule has 0 saturated carbocycles. The first-order valence-corrected chi connectivity index (χ1v) is 5.55. The summed E-state index contributed by atoms with van der Waals surface area (Å²) >= 11 is 1.65. The Bertz CT molecular complexity index is 417. The Morgan fingerprint density at radius 2 is 2.00 bits per heavy atom. The van der Waals surface area contributed by atoms with Crippen molar-refractivity contribution in [2.45, 2.75) is 5.03 Å². The maximum absolute atomic E-state index is 5.15. The first-order valence-electron chi connectivity index (χ1n) is 4.32. The number of ether oxygens (including phenoxy) is 1. The lowest BCUT2D eigenvalue weighted by atomic mass is 10.2. The number of methoxy groups -OCH3 is 1. The molecule has 72 valence electrons. The van der Waals surface area contributed by atoms with Crippen LogP contribution in [0.3, 0.4) is 0 Å². The van der Waals surface area contributed by atoms with Crippen LogP contribution in [-0.4, -0.2) is 18.3 Å². The van der Waals surface area contributed by atoms with Crippen LogP contribution in [0.1, 0.15) is 0 Å². The topological polar surface area (TPSA) is 22.1 Å². The number of rotatable bonds is 2. The molecule has 0 N–H and O–H groups in total. The smallest absolute Gasteiger partial charge is 0.121 e. The third-order valence-electron chi connectivity index (χ3n) is 2.08. The first kappa shape index (κ1) is 9.34. The van der Waals surface area contributed by atoms with Gasteiger partial charge in [0.05, 0.1) is 17.7 Å². The number of pyridine rings is 1. The molecule has 0 spiro atoms. The largest absolute Gasteiger partial charge is 0.497 e. The van der Waals surface area contributed by atoms with Crippen molar-refractivity contribution in [1.82, 2.24) is 4.98 Å². The molecule has 0 radical (unpaired) electrons. The van der Waals surface area contributed by atoms with E-state index in [9.17, 15) is 0 Å². The number of hydrogen-bond acceptors (Lipinski definition) is 3. The molecule has 1 heterocycles. The predicted molar refractivity (Wildman–Crippen MR) is 60.1 cm³/mol. The average molecular weight is 205 g/mol. The number of aromatic nitrogens is 1. The van der Waals surface area contributed by atoms with Gasteiger partial charge in [0.25, 0.3) is 0 Å². The second-order valence-corrected chi connectivity index (χ2v) is 3.74. The monoisotopic (exact) mass is 205 g/mol. The number of benzene rings is 1.